The molecule has 1 aliphatic rings. The minimum absolute atomic E-state index is 0.0565. The molecule has 7 amide bonds. The number of guanidine groups is 1. The van der Waals surface area contributed by atoms with E-state index in [4.69, 9.17) is 11.5 Å². The van der Waals surface area contributed by atoms with E-state index in [1.54, 1.807) is 12.1 Å². The molecule has 2 heterocycles. The minimum atomic E-state index is -1.87. The smallest absolute Gasteiger partial charge is 0.305 e. The molecule has 1 saturated heterocycles. The van der Waals surface area contributed by atoms with Crippen LogP contribution in [0.3, 0.4) is 0 Å². The Morgan fingerprint density at radius 3 is 2.04 bits per heavy atom. The number of aromatic nitrogens is 1. The van der Waals surface area contributed by atoms with Crippen molar-refractivity contribution in [2.24, 2.45) is 22.4 Å². The van der Waals surface area contributed by atoms with Crippen LogP contribution in [0.5, 0.6) is 0 Å². The Balaban J connectivity index is 2.61. The number of carbonyl (C=O) groups is 9. The van der Waals surface area contributed by atoms with Gasteiger partial charge in [-0.25, -0.2) is 0 Å². The maximum atomic E-state index is 14.0. The van der Waals surface area contributed by atoms with Crippen molar-refractivity contribution >= 4 is 71.9 Å². The Bertz CT molecular complexity index is 1610. The molecule has 0 aliphatic carbocycles. The highest BCUT2D eigenvalue weighted by Crippen LogP contribution is 2.10. The lowest BCUT2D eigenvalue weighted by atomic mass is 10.0. The number of aliphatic imine (C=N–C) groups is 1. The molecule has 302 valence electrons. The lowest BCUT2D eigenvalue weighted by molar-refractivity contribution is -0.143. The molecule has 1 fully saturated rings. The van der Waals surface area contributed by atoms with E-state index in [0.29, 0.717) is 5.56 Å². The van der Waals surface area contributed by atoms with Crippen LogP contribution in [0.15, 0.2) is 29.5 Å². The number of pyridine rings is 1. The number of thiol groups is 1. The molecule has 55 heavy (non-hydrogen) atoms. The molecule has 1 aromatic heterocycles. The number of rotatable bonds is 12. The topological polar surface area (TPSA) is 347 Å². The Morgan fingerprint density at radius 1 is 0.873 bits per heavy atom. The average molecular weight is 794 g/mol. The summed E-state index contributed by atoms with van der Waals surface area (Å²) in [6.45, 7) is 1.49. The van der Waals surface area contributed by atoms with Gasteiger partial charge in [-0.05, 0) is 30.4 Å². The highest BCUT2D eigenvalue weighted by Gasteiger charge is 2.35. The monoisotopic (exact) mass is 793 g/mol. The molecule has 2 rings (SSSR count). The zero-order valence-electron chi connectivity index (χ0n) is 30.1. The number of nitrogens with one attached hydrogen (secondary N) is 6. The van der Waals surface area contributed by atoms with Crippen molar-refractivity contribution in [2.45, 2.75) is 76.3 Å². The summed E-state index contributed by atoms with van der Waals surface area (Å²) in [4.78, 5) is 126. The second-order valence-corrected chi connectivity index (χ2v) is 13.1. The predicted octanol–water partition coefficient (Wildman–Crippen LogP) is -4.45. The van der Waals surface area contributed by atoms with Gasteiger partial charge in [-0.15, -0.1) is 0 Å². The largest absolute Gasteiger partial charge is 0.481 e. The average Bonchev–Trinajstić information content (AvgIpc) is 3.11. The van der Waals surface area contributed by atoms with E-state index in [-0.39, 0.29) is 37.6 Å². The van der Waals surface area contributed by atoms with Crippen molar-refractivity contribution in [3.05, 3.63) is 30.1 Å². The van der Waals surface area contributed by atoms with Crippen LogP contribution in [-0.4, -0.2) is 135 Å². The van der Waals surface area contributed by atoms with Gasteiger partial charge < -0.3 is 58.5 Å². The van der Waals surface area contributed by atoms with Crippen molar-refractivity contribution in [3.8, 4) is 0 Å². The van der Waals surface area contributed by atoms with E-state index >= 15 is 0 Å². The minimum Gasteiger partial charge on any atom is -0.481 e. The van der Waals surface area contributed by atoms with Gasteiger partial charge in [0.15, 0.2) is 5.96 Å². The standard InChI is InChI=1S/C32H47N11O11S/c1-16(2)26-30(53)41-21(15-55)31(54)43(13-17-5-3-7-35-11-17)14-23(45)38-18(6-4-8-36-32(33)34)27(50)37-12-22(44)39-19(9-24(46)47)28(51)40-20(10-25(48)49)29(52)42-26/h3,5,7,11,16,18-21,26,55H,4,6,8-10,12-15H2,1-2H3,(H,37,50)(H,38,45)(H,39,44)(H,40,51)(H,41,53)(H,42,52)(H,46,47)(H,48,49)(H4,33,34,36)/t18-,19-,20-,21-,26-/m0/s1. The molecule has 0 aromatic carbocycles. The van der Waals surface area contributed by atoms with E-state index in [2.05, 4.69) is 54.5 Å². The summed E-state index contributed by atoms with van der Waals surface area (Å²) >= 11 is 4.23. The van der Waals surface area contributed by atoms with Gasteiger partial charge in [-0.1, -0.05) is 19.9 Å². The zero-order chi connectivity index (χ0) is 41.2. The summed E-state index contributed by atoms with van der Waals surface area (Å²) in [5, 5.41) is 32.8. The predicted molar refractivity (Wildman–Crippen MR) is 195 cm³/mol. The number of carbonyl (C=O) groups excluding carboxylic acids is 7. The first-order chi connectivity index (χ1) is 25.9. The van der Waals surface area contributed by atoms with Crippen LogP contribution in [0, 0.1) is 5.92 Å². The molecule has 0 bridgehead atoms. The van der Waals surface area contributed by atoms with Crippen molar-refractivity contribution in [2.75, 3.05) is 25.4 Å². The van der Waals surface area contributed by atoms with Crippen molar-refractivity contribution in [1.82, 2.24) is 41.8 Å². The quantitative estimate of drug-likeness (QED) is 0.0412. The van der Waals surface area contributed by atoms with Gasteiger partial charge in [-0.2, -0.15) is 12.6 Å². The first kappa shape index (κ1) is 45.2. The third-order valence-corrected chi connectivity index (χ3v) is 8.21. The number of carboxylic acids is 2. The number of amides is 7. The van der Waals surface area contributed by atoms with Gasteiger partial charge in [0, 0.05) is 31.2 Å². The molecule has 0 spiro atoms. The van der Waals surface area contributed by atoms with E-state index < -0.39 is 115 Å². The summed E-state index contributed by atoms with van der Waals surface area (Å²) in [6.07, 6.45) is 1.01. The van der Waals surface area contributed by atoms with Gasteiger partial charge in [0.05, 0.1) is 25.9 Å². The molecule has 5 atom stereocenters. The summed E-state index contributed by atoms with van der Waals surface area (Å²) < 4.78 is 0. The molecule has 23 heteroatoms. The van der Waals surface area contributed by atoms with Crippen LogP contribution in [0.4, 0.5) is 0 Å². The normalized spacial score (nSPS) is 22.5. The first-order valence-electron chi connectivity index (χ1n) is 17.0. The molecule has 0 radical (unpaired) electrons. The van der Waals surface area contributed by atoms with Gasteiger partial charge in [0.1, 0.15) is 30.2 Å². The summed E-state index contributed by atoms with van der Waals surface area (Å²) in [7, 11) is 0. The molecular formula is C32H47N11O11S. The Hall–Kier alpha value is -6.00. The van der Waals surface area contributed by atoms with E-state index in [1.807, 2.05) is 0 Å². The molecule has 0 unspecified atom stereocenters. The van der Waals surface area contributed by atoms with Crippen LogP contribution in [-0.2, 0) is 49.7 Å². The van der Waals surface area contributed by atoms with E-state index in [1.165, 1.54) is 26.2 Å². The number of aliphatic carboxylic acids is 2. The van der Waals surface area contributed by atoms with E-state index in [0.717, 1.165) is 4.90 Å². The number of hydrogen-bond donors (Lipinski definition) is 11. The fourth-order valence-corrected chi connectivity index (χ4v) is 5.39. The third kappa shape index (κ3) is 15.9. The lowest BCUT2D eigenvalue weighted by Crippen LogP contribution is -2.60. The van der Waals surface area contributed by atoms with Crippen LogP contribution in [0.2, 0.25) is 0 Å². The SMILES string of the molecule is CC(C)[C@@H]1NC(=O)[C@H](CC(=O)O)NC(=O)[C@H](CC(=O)O)NC(=O)CNC(=O)[C@H](CCCN=C(N)N)NC(=O)CN(Cc2cccnc2)C(=O)[C@H](CS)NC1=O. The van der Waals surface area contributed by atoms with Crippen LogP contribution < -0.4 is 43.4 Å². The fourth-order valence-electron chi connectivity index (χ4n) is 5.14. The molecule has 1 aromatic rings. The van der Waals surface area contributed by atoms with Gasteiger partial charge in [0.2, 0.25) is 41.4 Å². The highest BCUT2D eigenvalue weighted by atomic mass is 32.1. The Labute approximate surface area is 320 Å². The highest BCUT2D eigenvalue weighted by molar-refractivity contribution is 7.80. The van der Waals surface area contributed by atoms with Crippen LogP contribution in [0.25, 0.3) is 0 Å². The Morgan fingerprint density at radius 2 is 1.47 bits per heavy atom. The molecule has 1 aliphatic heterocycles. The maximum absolute atomic E-state index is 14.0. The maximum Gasteiger partial charge on any atom is 0.305 e. The molecular weight excluding hydrogens is 746 g/mol. The van der Waals surface area contributed by atoms with Crippen LogP contribution in [0.1, 0.15) is 45.1 Å². The number of hydrogen-bond acceptors (Lipinski definition) is 12. The second-order valence-electron chi connectivity index (χ2n) is 12.7. The third-order valence-electron chi connectivity index (χ3n) is 7.85. The van der Waals surface area contributed by atoms with Gasteiger partial charge in [0.25, 0.3) is 0 Å². The molecule has 0 saturated carbocycles. The van der Waals surface area contributed by atoms with Gasteiger partial charge >= 0.3 is 11.9 Å². The zero-order valence-corrected chi connectivity index (χ0v) is 31.0. The summed E-state index contributed by atoms with van der Waals surface area (Å²) in [5.74, 6) is -11.2. The van der Waals surface area contributed by atoms with Crippen molar-refractivity contribution < 1.29 is 53.4 Å². The fraction of sp³-hybridized carbons (Fsp3) is 0.531. The van der Waals surface area contributed by atoms with E-state index in [9.17, 15) is 53.4 Å². The lowest BCUT2D eigenvalue weighted by Gasteiger charge is -2.30. The van der Waals surface area contributed by atoms with Crippen molar-refractivity contribution in [3.63, 3.8) is 0 Å². The van der Waals surface area contributed by atoms with Crippen molar-refractivity contribution in [1.29, 1.82) is 0 Å². The van der Waals surface area contributed by atoms with Gasteiger partial charge in [-0.3, -0.25) is 53.1 Å². The Kier molecular flexibility index (Phi) is 18.3. The number of carboxylic acid groups (broad SMARTS) is 2. The second kappa shape index (κ2) is 22.3. The first-order valence-corrected chi connectivity index (χ1v) is 17.6. The number of nitrogens with zero attached hydrogens (tertiary/aromatic N) is 3. The number of nitrogens with two attached hydrogens (primary N) is 2. The summed E-state index contributed by atoms with van der Waals surface area (Å²) in [5.41, 5.74) is 11.2. The van der Waals surface area contributed by atoms with Crippen LogP contribution >= 0.6 is 12.6 Å². The molecule has 12 N–H and O–H groups in total. The molecule has 22 nitrogen and oxygen atoms in total. The summed E-state index contributed by atoms with van der Waals surface area (Å²) in [6, 6.07) is -4.60.